The first-order valence-corrected chi connectivity index (χ1v) is 10.6. The van der Waals surface area contributed by atoms with E-state index in [1.807, 2.05) is 18.4 Å². The fourth-order valence-corrected chi connectivity index (χ4v) is 5.40. The Kier molecular flexibility index (Phi) is 4.94. The second kappa shape index (κ2) is 7.40. The molecule has 0 radical (unpaired) electrons. The lowest BCUT2D eigenvalue weighted by Gasteiger charge is -2.36. The molecule has 0 bridgehead atoms. The van der Waals surface area contributed by atoms with Crippen LogP contribution < -0.4 is 15.8 Å². The zero-order valence-electron chi connectivity index (χ0n) is 16.0. The summed E-state index contributed by atoms with van der Waals surface area (Å²) in [7, 11) is 0. The molecule has 0 saturated carbocycles. The first kappa shape index (κ1) is 18.7. The van der Waals surface area contributed by atoms with Crippen molar-refractivity contribution in [3.05, 3.63) is 37.8 Å². The predicted molar refractivity (Wildman–Crippen MR) is 109 cm³/mol. The highest BCUT2D eigenvalue weighted by Gasteiger charge is 2.41. The van der Waals surface area contributed by atoms with E-state index in [0.29, 0.717) is 17.6 Å². The lowest BCUT2D eigenvalue weighted by atomic mass is 9.82. The number of fused-ring (bicyclic) bond motifs is 1. The number of nitriles is 1. The van der Waals surface area contributed by atoms with Crippen LogP contribution in [0.1, 0.15) is 54.5 Å². The van der Waals surface area contributed by atoms with Gasteiger partial charge in [-0.15, -0.1) is 11.3 Å². The molecule has 4 heterocycles. The number of nitrogens with zero attached hydrogens (tertiary/aromatic N) is 3. The smallest absolute Gasteiger partial charge is 0.258 e. The van der Waals surface area contributed by atoms with Crippen LogP contribution in [0, 0.1) is 24.2 Å². The van der Waals surface area contributed by atoms with Crippen LogP contribution in [-0.4, -0.2) is 28.5 Å². The van der Waals surface area contributed by atoms with Gasteiger partial charge in [0.1, 0.15) is 11.7 Å². The van der Waals surface area contributed by atoms with Crippen LogP contribution in [0.25, 0.3) is 0 Å². The van der Waals surface area contributed by atoms with E-state index in [-0.39, 0.29) is 11.4 Å². The minimum absolute atomic E-state index is 0.279. The molecule has 1 amide bonds. The molecule has 8 heteroatoms. The number of nitrogens with one attached hydrogen (secondary N) is 2. The number of hydrogen-bond acceptors (Lipinski definition) is 6. The van der Waals surface area contributed by atoms with E-state index in [4.69, 9.17) is 0 Å². The Bertz CT molecular complexity index is 1000. The fourth-order valence-electron chi connectivity index (χ4n) is 4.33. The van der Waals surface area contributed by atoms with Crippen LogP contribution in [0.2, 0.25) is 0 Å². The average Bonchev–Trinajstić information content (AvgIpc) is 3.12. The summed E-state index contributed by atoms with van der Waals surface area (Å²) >= 11 is 1.46. The molecule has 4 rings (SSSR count). The number of thiophene rings is 1. The van der Waals surface area contributed by atoms with Gasteiger partial charge in [-0.25, -0.2) is 0 Å². The number of aryl methyl sites for hydroxylation is 1. The monoisotopic (exact) mass is 397 g/mol. The highest BCUT2D eigenvalue weighted by molar-refractivity contribution is 7.10. The van der Waals surface area contributed by atoms with E-state index < -0.39 is 17.7 Å². The number of hydrogen-bond donors (Lipinski definition) is 2. The molecule has 2 aliphatic rings. The molecule has 2 aliphatic heterocycles. The Hall–Kier alpha value is -2.66. The van der Waals surface area contributed by atoms with E-state index in [9.17, 15) is 14.9 Å². The van der Waals surface area contributed by atoms with E-state index in [1.165, 1.54) is 17.8 Å². The van der Waals surface area contributed by atoms with Crippen LogP contribution in [0.15, 0.2) is 16.2 Å². The Morgan fingerprint density at radius 1 is 1.39 bits per heavy atom. The van der Waals surface area contributed by atoms with Gasteiger partial charge in [0.25, 0.3) is 5.56 Å². The third kappa shape index (κ3) is 3.00. The summed E-state index contributed by atoms with van der Waals surface area (Å²) in [5.41, 5.74) is 1.07. The molecule has 2 aromatic rings. The summed E-state index contributed by atoms with van der Waals surface area (Å²) in [5, 5.41) is 14.2. The first-order valence-electron chi connectivity index (χ1n) is 9.70. The third-order valence-electron chi connectivity index (χ3n) is 5.80. The van der Waals surface area contributed by atoms with E-state index in [2.05, 4.69) is 33.2 Å². The molecule has 28 heavy (non-hydrogen) atoms. The number of carbonyl (C=O) groups is 1. The van der Waals surface area contributed by atoms with Crippen molar-refractivity contribution < 1.29 is 4.79 Å². The van der Waals surface area contributed by atoms with E-state index in [0.717, 1.165) is 36.2 Å². The van der Waals surface area contributed by atoms with Gasteiger partial charge in [-0.3, -0.25) is 14.6 Å². The minimum Gasteiger partial charge on any atom is -0.339 e. The van der Waals surface area contributed by atoms with Crippen molar-refractivity contribution >= 4 is 29.0 Å². The third-order valence-corrected chi connectivity index (χ3v) is 6.91. The molecule has 2 aromatic heterocycles. The molecule has 2 N–H and O–H groups in total. The molecule has 3 atom stereocenters. The zero-order chi connectivity index (χ0) is 19.8. The van der Waals surface area contributed by atoms with Crippen molar-refractivity contribution in [3.8, 4) is 6.07 Å². The SMILES string of the molecule is CCC1CCCCN1c1nc2c(c(=O)[nH]1)C(c1sccc1C)C(C#N)C(=O)N2. The topological polar surface area (TPSA) is 102 Å². The Morgan fingerprint density at radius 2 is 2.21 bits per heavy atom. The van der Waals surface area contributed by atoms with Gasteiger partial charge >= 0.3 is 0 Å². The maximum Gasteiger partial charge on any atom is 0.258 e. The lowest BCUT2D eigenvalue weighted by Crippen LogP contribution is -2.43. The Balaban J connectivity index is 1.85. The number of rotatable bonds is 3. The van der Waals surface area contributed by atoms with Gasteiger partial charge in [-0.1, -0.05) is 6.92 Å². The molecule has 3 unspecified atom stereocenters. The highest BCUT2D eigenvalue weighted by Crippen LogP contribution is 2.41. The first-order chi connectivity index (χ1) is 13.5. The molecule has 0 aliphatic carbocycles. The normalized spacial score (nSPS) is 24.4. The van der Waals surface area contributed by atoms with E-state index in [1.54, 1.807) is 0 Å². The number of aromatic nitrogens is 2. The number of piperidine rings is 1. The maximum absolute atomic E-state index is 13.1. The Morgan fingerprint density at radius 3 is 2.89 bits per heavy atom. The van der Waals surface area contributed by atoms with Crippen LogP contribution in [0.4, 0.5) is 11.8 Å². The molecular weight excluding hydrogens is 374 g/mol. The molecule has 0 aromatic carbocycles. The van der Waals surface area contributed by atoms with Gasteiger partial charge in [-0.05, 0) is 49.6 Å². The van der Waals surface area contributed by atoms with Crippen molar-refractivity contribution in [1.29, 1.82) is 5.26 Å². The van der Waals surface area contributed by atoms with Crippen LogP contribution in [0.3, 0.4) is 0 Å². The van der Waals surface area contributed by atoms with E-state index >= 15 is 0 Å². The van der Waals surface area contributed by atoms with Gasteiger partial charge in [0.2, 0.25) is 11.9 Å². The average molecular weight is 398 g/mol. The van der Waals surface area contributed by atoms with Crippen molar-refractivity contribution in [3.63, 3.8) is 0 Å². The van der Waals surface area contributed by atoms with Crippen LogP contribution >= 0.6 is 11.3 Å². The second-order valence-electron chi connectivity index (χ2n) is 7.44. The number of anilines is 2. The van der Waals surface area contributed by atoms with Gasteiger partial charge < -0.3 is 10.2 Å². The van der Waals surface area contributed by atoms with Crippen molar-refractivity contribution in [2.45, 2.75) is 51.5 Å². The van der Waals surface area contributed by atoms with Crippen molar-refractivity contribution in [1.82, 2.24) is 9.97 Å². The van der Waals surface area contributed by atoms with Gasteiger partial charge in [0.05, 0.1) is 17.6 Å². The van der Waals surface area contributed by atoms with Gasteiger partial charge in [0, 0.05) is 17.5 Å². The largest absolute Gasteiger partial charge is 0.339 e. The number of H-pyrrole nitrogens is 1. The minimum atomic E-state index is -0.947. The second-order valence-corrected chi connectivity index (χ2v) is 8.39. The molecule has 1 fully saturated rings. The number of aromatic amines is 1. The zero-order valence-corrected chi connectivity index (χ0v) is 16.8. The molecule has 146 valence electrons. The van der Waals surface area contributed by atoms with Gasteiger partial charge in [0.15, 0.2) is 0 Å². The molecule has 1 saturated heterocycles. The summed E-state index contributed by atoms with van der Waals surface area (Å²) in [5.74, 6) is -1.15. The molecule has 0 spiro atoms. The molecule has 7 nitrogen and oxygen atoms in total. The quantitative estimate of drug-likeness (QED) is 0.828. The summed E-state index contributed by atoms with van der Waals surface area (Å²) in [6.07, 6.45) is 4.26. The van der Waals surface area contributed by atoms with Gasteiger partial charge in [-0.2, -0.15) is 10.2 Å². The number of carbonyl (C=O) groups excluding carboxylic acids is 1. The fraction of sp³-hybridized carbons (Fsp3) is 0.500. The summed E-state index contributed by atoms with van der Waals surface area (Å²) in [6, 6.07) is 4.36. The molecular formula is C20H23N5O2S. The summed E-state index contributed by atoms with van der Waals surface area (Å²) in [6.45, 7) is 4.90. The van der Waals surface area contributed by atoms with Crippen molar-refractivity contribution in [2.75, 3.05) is 16.8 Å². The summed E-state index contributed by atoms with van der Waals surface area (Å²) < 4.78 is 0. The highest BCUT2D eigenvalue weighted by atomic mass is 32.1. The number of amides is 1. The standard InChI is InChI=1S/C20H23N5O2S/c1-3-12-6-4-5-8-25(12)20-23-17-15(19(27)24-20)14(13(10-21)18(26)22-17)16-11(2)7-9-28-16/h7,9,12-14H,3-6,8H2,1-2H3,(H2,22,23,24,26,27). The van der Waals surface area contributed by atoms with Crippen LogP contribution in [0.5, 0.6) is 0 Å². The lowest BCUT2D eigenvalue weighted by molar-refractivity contribution is -0.119. The maximum atomic E-state index is 13.1. The Labute approximate surface area is 167 Å². The van der Waals surface area contributed by atoms with Crippen LogP contribution in [-0.2, 0) is 4.79 Å². The van der Waals surface area contributed by atoms with Crippen molar-refractivity contribution in [2.24, 2.45) is 5.92 Å². The summed E-state index contributed by atoms with van der Waals surface area (Å²) in [4.78, 5) is 36.3. The predicted octanol–water partition coefficient (Wildman–Crippen LogP) is 3.13.